The average Bonchev–Trinajstić information content (AvgIpc) is 2.65. The summed E-state index contributed by atoms with van der Waals surface area (Å²) in [6.07, 6.45) is 2.71. The van der Waals surface area contributed by atoms with Crippen molar-refractivity contribution in [1.29, 1.82) is 0 Å². The number of hydrogen-bond donors (Lipinski definition) is 1. The first-order chi connectivity index (χ1) is 13.2. The first-order valence-electron chi connectivity index (χ1n) is 9.58. The van der Waals surface area contributed by atoms with Gasteiger partial charge in [0.25, 0.3) is 0 Å². The van der Waals surface area contributed by atoms with Crippen LogP contribution >= 0.6 is 0 Å². The first kappa shape index (κ1) is 22.0. The van der Waals surface area contributed by atoms with E-state index in [1.807, 2.05) is 52.0 Å². The van der Waals surface area contributed by atoms with Gasteiger partial charge >= 0.3 is 0 Å². The normalized spacial score (nSPS) is 12.5. The van der Waals surface area contributed by atoms with E-state index in [2.05, 4.69) is 11.4 Å². The third-order valence-corrected chi connectivity index (χ3v) is 6.14. The molecule has 28 heavy (non-hydrogen) atoms. The quantitative estimate of drug-likeness (QED) is 0.728. The number of benzene rings is 2. The van der Waals surface area contributed by atoms with Crippen LogP contribution in [0.4, 0.5) is 5.69 Å². The highest BCUT2D eigenvalue weighted by Gasteiger charge is 2.22. The van der Waals surface area contributed by atoms with E-state index in [-0.39, 0.29) is 18.5 Å². The van der Waals surface area contributed by atoms with Crippen molar-refractivity contribution < 1.29 is 13.2 Å². The summed E-state index contributed by atoms with van der Waals surface area (Å²) in [7, 11) is -3.58. The Morgan fingerprint density at radius 3 is 2.18 bits per heavy atom. The van der Waals surface area contributed by atoms with Gasteiger partial charge in [0.2, 0.25) is 15.9 Å². The molecule has 0 fully saturated rings. The van der Waals surface area contributed by atoms with Gasteiger partial charge in [0, 0.05) is 0 Å². The molecule has 0 heterocycles. The average molecular weight is 403 g/mol. The molecule has 0 aliphatic heterocycles. The molecule has 0 aliphatic rings. The molecule has 6 heteroatoms. The molecule has 2 aromatic carbocycles. The molecule has 0 saturated carbocycles. The minimum Gasteiger partial charge on any atom is -0.348 e. The third-order valence-electron chi connectivity index (χ3n) is 5.00. The molecule has 5 nitrogen and oxygen atoms in total. The second-order valence-corrected chi connectivity index (χ2v) is 9.07. The van der Waals surface area contributed by atoms with Crippen molar-refractivity contribution in [2.75, 3.05) is 17.1 Å². The maximum Gasteiger partial charge on any atom is 0.241 e. The predicted molar refractivity (Wildman–Crippen MR) is 115 cm³/mol. The lowest BCUT2D eigenvalue weighted by Gasteiger charge is -2.24. The van der Waals surface area contributed by atoms with Crippen LogP contribution in [0.15, 0.2) is 42.5 Å². The number of sulfonamides is 1. The Morgan fingerprint density at radius 1 is 1.04 bits per heavy atom. The second-order valence-electron chi connectivity index (χ2n) is 7.16. The number of carbonyl (C=O) groups is 1. The van der Waals surface area contributed by atoms with Crippen LogP contribution in [0.25, 0.3) is 0 Å². The molecule has 0 spiro atoms. The molecule has 0 aromatic heterocycles. The van der Waals surface area contributed by atoms with E-state index >= 15 is 0 Å². The summed E-state index contributed by atoms with van der Waals surface area (Å²) in [6, 6.07) is 13.2. The molecular weight excluding hydrogens is 372 g/mol. The molecular formula is C22H30N2O3S. The van der Waals surface area contributed by atoms with Crippen molar-refractivity contribution in [2.45, 2.75) is 46.6 Å². The van der Waals surface area contributed by atoms with Crippen molar-refractivity contribution in [3.8, 4) is 0 Å². The molecule has 152 valence electrons. The van der Waals surface area contributed by atoms with Crippen LogP contribution in [0, 0.1) is 13.8 Å². The minimum atomic E-state index is -3.58. The standard InChI is InChI=1S/C22H30N2O3S/c1-6-18-9-12-20(13-10-18)24(28(5,26)27)15-22(25)23-21(7-2)19-11-8-16(3)17(4)14-19/h8-14,21H,6-7,15H2,1-5H3,(H,23,25)/t21-/m0/s1. The van der Waals surface area contributed by atoms with Crippen LogP contribution in [0.2, 0.25) is 0 Å². The highest BCUT2D eigenvalue weighted by Crippen LogP contribution is 2.21. The van der Waals surface area contributed by atoms with E-state index in [4.69, 9.17) is 0 Å². The lowest BCUT2D eigenvalue weighted by Crippen LogP contribution is -2.41. The van der Waals surface area contributed by atoms with Crippen molar-refractivity contribution in [3.05, 3.63) is 64.7 Å². The number of anilines is 1. The van der Waals surface area contributed by atoms with Crippen LogP contribution in [-0.4, -0.2) is 27.1 Å². The van der Waals surface area contributed by atoms with E-state index in [9.17, 15) is 13.2 Å². The third kappa shape index (κ3) is 5.58. The van der Waals surface area contributed by atoms with Gasteiger partial charge in [0.15, 0.2) is 0 Å². The highest BCUT2D eigenvalue weighted by molar-refractivity contribution is 7.92. The van der Waals surface area contributed by atoms with E-state index < -0.39 is 10.0 Å². The smallest absolute Gasteiger partial charge is 0.241 e. The summed E-state index contributed by atoms with van der Waals surface area (Å²) >= 11 is 0. The molecule has 0 bridgehead atoms. The Kier molecular flexibility index (Phi) is 7.24. The Bertz CT molecular complexity index is 921. The summed E-state index contributed by atoms with van der Waals surface area (Å²) in [5.74, 6) is -0.324. The Balaban J connectivity index is 2.19. The fraction of sp³-hybridized carbons (Fsp3) is 0.409. The van der Waals surface area contributed by atoms with Gasteiger partial charge in [-0.25, -0.2) is 8.42 Å². The highest BCUT2D eigenvalue weighted by atomic mass is 32.2. The molecule has 0 saturated heterocycles. The fourth-order valence-electron chi connectivity index (χ4n) is 3.07. The van der Waals surface area contributed by atoms with Gasteiger partial charge in [-0.1, -0.05) is 44.2 Å². The minimum absolute atomic E-state index is 0.157. The largest absolute Gasteiger partial charge is 0.348 e. The zero-order valence-electron chi connectivity index (χ0n) is 17.3. The van der Waals surface area contributed by atoms with Crippen LogP contribution < -0.4 is 9.62 Å². The predicted octanol–water partition coefficient (Wildman–Crippen LogP) is 3.90. The Hall–Kier alpha value is -2.34. The number of amides is 1. The van der Waals surface area contributed by atoms with E-state index in [1.54, 1.807) is 12.1 Å². The number of rotatable bonds is 8. The molecule has 1 N–H and O–H groups in total. The molecule has 0 radical (unpaired) electrons. The number of nitrogens with one attached hydrogen (secondary N) is 1. The van der Waals surface area contributed by atoms with Gasteiger partial charge in [0.05, 0.1) is 18.0 Å². The first-order valence-corrected chi connectivity index (χ1v) is 11.4. The monoisotopic (exact) mass is 402 g/mol. The number of nitrogens with zero attached hydrogens (tertiary/aromatic N) is 1. The second kappa shape index (κ2) is 9.24. The summed E-state index contributed by atoms with van der Waals surface area (Å²) in [5, 5.41) is 2.98. The Labute approximate surface area is 168 Å². The van der Waals surface area contributed by atoms with Gasteiger partial charge in [-0.2, -0.15) is 0 Å². The van der Waals surface area contributed by atoms with Crippen LogP contribution in [0.5, 0.6) is 0 Å². The van der Waals surface area contributed by atoms with Crippen LogP contribution in [0.3, 0.4) is 0 Å². The fourth-order valence-corrected chi connectivity index (χ4v) is 3.93. The summed E-state index contributed by atoms with van der Waals surface area (Å²) in [4.78, 5) is 12.7. The van der Waals surface area contributed by atoms with Crippen molar-refractivity contribution in [2.24, 2.45) is 0 Å². The van der Waals surface area contributed by atoms with E-state index in [1.165, 1.54) is 11.1 Å². The number of carbonyl (C=O) groups excluding carboxylic acids is 1. The van der Waals surface area contributed by atoms with Crippen molar-refractivity contribution in [3.63, 3.8) is 0 Å². The van der Waals surface area contributed by atoms with Crippen LogP contribution in [0.1, 0.15) is 48.6 Å². The summed E-state index contributed by atoms with van der Waals surface area (Å²) in [5.41, 5.74) is 5.00. The Morgan fingerprint density at radius 2 is 1.68 bits per heavy atom. The molecule has 1 amide bonds. The molecule has 2 aromatic rings. The lowest BCUT2D eigenvalue weighted by molar-refractivity contribution is -0.120. The van der Waals surface area contributed by atoms with Crippen molar-refractivity contribution >= 4 is 21.6 Å². The van der Waals surface area contributed by atoms with Crippen molar-refractivity contribution in [1.82, 2.24) is 5.32 Å². The zero-order valence-corrected chi connectivity index (χ0v) is 18.1. The van der Waals surface area contributed by atoms with Gasteiger partial charge in [-0.3, -0.25) is 9.10 Å². The molecule has 1 atom stereocenters. The topological polar surface area (TPSA) is 66.5 Å². The summed E-state index contributed by atoms with van der Waals surface area (Å²) in [6.45, 7) is 7.88. The van der Waals surface area contributed by atoms with Gasteiger partial charge in [-0.15, -0.1) is 0 Å². The molecule has 0 unspecified atom stereocenters. The zero-order chi connectivity index (χ0) is 20.9. The lowest BCUT2D eigenvalue weighted by atomic mass is 9.99. The van der Waals surface area contributed by atoms with E-state index in [0.29, 0.717) is 5.69 Å². The van der Waals surface area contributed by atoms with Gasteiger partial charge < -0.3 is 5.32 Å². The molecule has 2 rings (SSSR count). The van der Waals surface area contributed by atoms with Crippen LogP contribution in [-0.2, 0) is 21.2 Å². The van der Waals surface area contributed by atoms with Gasteiger partial charge in [0.1, 0.15) is 6.54 Å². The van der Waals surface area contributed by atoms with E-state index in [0.717, 1.165) is 34.5 Å². The SMILES string of the molecule is CCc1ccc(N(CC(=O)N[C@@H](CC)c2ccc(C)c(C)c2)S(C)(=O)=O)cc1. The maximum atomic E-state index is 12.7. The number of aryl methyl sites for hydroxylation is 3. The maximum absolute atomic E-state index is 12.7. The van der Waals surface area contributed by atoms with Gasteiger partial charge in [-0.05, 0) is 61.1 Å². The summed E-state index contributed by atoms with van der Waals surface area (Å²) < 4.78 is 25.7. The molecule has 0 aliphatic carbocycles. The number of hydrogen-bond acceptors (Lipinski definition) is 3.